The van der Waals surface area contributed by atoms with E-state index in [0.29, 0.717) is 6.42 Å². The molecule has 0 aromatic heterocycles. The fraction of sp³-hybridized carbons (Fsp3) is 0.778. The summed E-state index contributed by atoms with van der Waals surface area (Å²) in [5.74, 6) is -5.74. The predicted molar refractivity (Wildman–Crippen MR) is 41.5 cm³/mol. The van der Waals surface area contributed by atoms with Crippen molar-refractivity contribution in [2.45, 2.75) is 25.2 Å². The van der Waals surface area contributed by atoms with E-state index in [-0.39, 0.29) is 12.8 Å². The van der Waals surface area contributed by atoms with Gasteiger partial charge in [-0.2, -0.15) is 26.3 Å². The zero-order valence-electron chi connectivity index (χ0n) is 7.70. The second kappa shape index (κ2) is 3.87. The number of hydrogen-bond acceptors (Lipinski definition) is 0. The third-order valence-corrected chi connectivity index (χ3v) is 2.71. The molecule has 0 aromatic rings. The summed E-state index contributed by atoms with van der Waals surface area (Å²) in [7, 11) is 0. The summed E-state index contributed by atoms with van der Waals surface area (Å²) < 4.78 is 74.2. The van der Waals surface area contributed by atoms with Crippen LogP contribution in [0.2, 0.25) is 0 Å². The fourth-order valence-corrected chi connectivity index (χ4v) is 2.01. The van der Waals surface area contributed by atoms with Gasteiger partial charge in [0, 0.05) is 0 Å². The maximum atomic E-state index is 12.4. The van der Waals surface area contributed by atoms with Crippen molar-refractivity contribution in [3.63, 3.8) is 0 Å². The van der Waals surface area contributed by atoms with Crippen molar-refractivity contribution in [1.82, 2.24) is 0 Å². The fourth-order valence-electron chi connectivity index (χ4n) is 2.01. The van der Waals surface area contributed by atoms with Gasteiger partial charge in [0.25, 0.3) is 0 Å². The number of halogens is 6. The summed E-state index contributed by atoms with van der Waals surface area (Å²) in [5.41, 5.74) is 0. The van der Waals surface area contributed by atoms with Gasteiger partial charge in [-0.3, -0.25) is 0 Å². The molecule has 88 valence electrons. The molecule has 0 aromatic carbocycles. The van der Waals surface area contributed by atoms with Gasteiger partial charge in [0.15, 0.2) is 0 Å². The molecule has 1 aliphatic rings. The number of alkyl halides is 6. The summed E-state index contributed by atoms with van der Waals surface area (Å²) >= 11 is 0. The normalized spacial score (nSPS) is 33.4. The van der Waals surface area contributed by atoms with Crippen LogP contribution in [0, 0.1) is 31.1 Å². The maximum Gasteiger partial charge on any atom is 0.392 e. The van der Waals surface area contributed by atoms with E-state index in [1.54, 1.807) is 0 Å². The smallest absolute Gasteiger partial charge is 0.171 e. The maximum absolute atomic E-state index is 12.4. The first kappa shape index (κ1) is 12.6. The Labute approximate surface area is 83.6 Å². The van der Waals surface area contributed by atoms with Crippen LogP contribution in [0.4, 0.5) is 26.3 Å². The highest BCUT2D eigenvalue weighted by atomic mass is 19.4. The van der Waals surface area contributed by atoms with Crippen molar-refractivity contribution in [3.8, 4) is 0 Å². The van der Waals surface area contributed by atoms with E-state index in [1.807, 2.05) is 0 Å². The molecule has 0 nitrogen and oxygen atoms in total. The molecule has 0 aliphatic heterocycles. The largest absolute Gasteiger partial charge is 0.392 e. The average Bonchev–Trinajstić information content (AvgIpc) is 2.44. The van der Waals surface area contributed by atoms with E-state index in [4.69, 9.17) is 0 Å². The van der Waals surface area contributed by atoms with Gasteiger partial charge in [0.1, 0.15) is 0 Å². The minimum Gasteiger partial charge on any atom is -0.171 e. The zero-order valence-corrected chi connectivity index (χ0v) is 7.70. The van der Waals surface area contributed by atoms with Crippen LogP contribution in [0.25, 0.3) is 0 Å². The van der Waals surface area contributed by atoms with Gasteiger partial charge in [0.05, 0.1) is 11.8 Å². The Morgan fingerprint density at radius 1 is 1.07 bits per heavy atom. The van der Waals surface area contributed by atoms with Crippen molar-refractivity contribution in [1.29, 1.82) is 0 Å². The molecule has 1 rings (SSSR count). The summed E-state index contributed by atoms with van der Waals surface area (Å²) in [6.07, 6.45) is -9.21. The molecule has 15 heavy (non-hydrogen) atoms. The number of hydrogen-bond donors (Lipinski definition) is 0. The van der Waals surface area contributed by atoms with Crippen LogP contribution in [-0.2, 0) is 0 Å². The Kier molecular flexibility index (Phi) is 3.26. The average molecular weight is 232 g/mol. The summed E-state index contributed by atoms with van der Waals surface area (Å²) in [5, 5.41) is 0. The van der Waals surface area contributed by atoms with Crippen molar-refractivity contribution in [2.24, 2.45) is 17.8 Å². The van der Waals surface area contributed by atoms with Gasteiger partial charge in [-0.25, -0.2) is 0 Å². The van der Waals surface area contributed by atoms with Crippen molar-refractivity contribution in [2.75, 3.05) is 0 Å². The molecule has 2 radical (unpaired) electrons. The van der Waals surface area contributed by atoms with Gasteiger partial charge >= 0.3 is 12.4 Å². The van der Waals surface area contributed by atoms with Crippen LogP contribution >= 0.6 is 0 Å². The van der Waals surface area contributed by atoms with E-state index in [2.05, 4.69) is 6.92 Å². The van der Waals surface area contributed by atoms with Crippen LogP contribution in [0.3, 0.4) is 0 Å². The molecule has 3 atom stereocenters. The first-order valence-electron chi connectivity index (χ1n) is 4.44. The van der Waals surface area contributed by atoms with Crippen LogP contribution in [-0.4, -0.2) is 12.4 Å². The van der Waals surface area contributed by atoms with Gasteiger partial charge in [-0.05, 0) is 25.2 Å². The Morgan fingerprint density at radius 2 is 1.60 bits per heavy atom. The predicted octanol–water partition coefficient (Wildman–Crippen LogP) is 3.79. The van der Waals surface area contributed by atoms with E-state index in [0.717, 1.165) is 0 Å². The van der Waals surface area contributed by atoms with E-state index >= 15 is 0 Å². The summed E-state index contributed by atoms with van der Waals surface area (Å²) in [6.45, 7) is 3.26. The highest BCUT2D eigenvalue weighted by molar-refractivity contribution is 5.01. The molecule has 1 saturated carbocycles. The lowest BCUT2D eigenvalue weighted by Gasteiger charge is -2.27. The Hall–Kier alpha value is -0.420. The molecule has 3 unspecified atom stereocenters. The molecule has 1 aliphatic carbocycles. The molecule has 6 heteroatoms. The lowest BCUT2D eigenvalue weighted by atomic mass is 9.87. The van der Waals surface area contributed by atoms with Crippen LogP contribution in [0.5, 0.6) is 0 Å². The minimum absolute atomic E-state index is 0.132. The first-order valence-corrected chi connectivity index (χ1v) is 4.44. The summed E-state index contributed by atoms with van der Waals surface area (Å²) in [4.78, 5) is 0. The second-order valence-corrected chi connectivity index (χ2v) is 3.65. The topological polar surface area (TPSA) is 0 Å². The number of rotatable bonds is 1. The molecular weight excluding hydrogens is 222 g/mol. The third-order valence-electron chi connectivity index (χ3n) is 2.71. The molecule has 0 N–H and O–H groups in total. The molecule has 1 fully saturated rings. The molecule has 0 bridgehead atoms. The monoisotopic (exact) mass is 232 g/mol. The van der Waals surface area contributed by atoms with Gasteiger partial charge in [-0.15, -0.1) is 0 Å². The molecular formula is C9H10F6. The van der Waals surface area contributed by atoms with Gasteiger partial charge in [-0.1, -0.05) is 6.92 Å². The standard InChI is InChI=1S/C9H10F6/c1-2-5-3-4-6(8(10,11)12)7(5)9(13,14)15/h4-7H,1-3H2. The van der Waals surface area contributed by atoms with Crippen LogP contribution < -0.4 is 0 Å². The van der Waals surface area contributed by atoms with Crippen LogP contribution in [0.1, 0.15) is 12.8 Å². The van der Waals surface area contributed by atoms with E-state index < -0.39 is 30.1 Å². The van der Waals surface area contributed by atoms with Crippen molar-refractivity contribution < 1.29 is 26.3 Å². The van der Waals surface area contributed by atoms with Crippen LogP contribution in [0.15, 0.2) is 0 Å². The SMILES string of the molecule is [CH2]CC1C[CH]C(C(F)(F)F)C1C(F)(F)F. The van der Waals surface area contributed by atoms with E-state index in [1.165, 1.54) is 0 Å². The van der Waals surface area contributed by atoms with Crippen molar-refractivity contribution >= 4 is 0 Å². The first-order chi connectivity index (χ1) is 6.68. The molecule has 0 amide bonds. The zero-order chi connectivity index (χ0) is 11.9. The second-order valence-electron chi connectivity index (χ2n) is 3.65. The van der Waals surface area contributed by atoms with Crippen molar-refractivity contribution in [3.05, 3.63) is 13.3 Å². The molecule has 0 heterocycles. The molecule has 0 saturated heterocycles. The minimum atomic E-state index is -4.82. The molecule has 0 spiro atoms. The Morgan fingerprint density at radius 3 is 1.93 bits per heavy atom. The lowest BCUT2D eigenvalue weighted by molar-refractivity contribution is -0.247. The summed E-state index contributed by atoms with van der Waals surface area (Å²) in [6, 6.07) is 0. The highest BCUT2D eigenvalue weighted by Gasteiger charge is 2.60. The quantitative estimate of drug-likeness (QED) is 0.603. The Bertz CT molecular complexity index is 216. The Balaban J connectivity index is 2.92. The lowest BCUT2D eigenvalue weighted by Crippen LogP contribution is -2.38. The van der Waals surface area contributed by atoms with E-state index in [9.17, 15) is 26.3 Å². The van der Waals surface area contributed by atoms with Gasteiger partial charge in [0.2, 0.25) is 0 Å². The third kappa shape index (κ3) is 2.58. The van der Waals surface area contributed by atoms with Gasteiger partial charge < -0.3 is 0 Å². The highest BCUT2D eigenvalue weighted by Crippen LogP contribution is 2.52.